The minimum absolute atomic E-state index is 0.0602. The first-order valence-electron chi connectivity index (χ1n) is 10.4. The third-order valence-corrected chi connectivity index (χ3v) is 4.98. The lowest BCUT2D eigenvalue weighted by Crippen LogP contribution is -2.33. The zero-order valence-electron chi connectivity index (χ0n) is 18.8. The predicted molar refractivity (Wildman–Crippen MR) is 119 cm³/mol. The number of alkyl halides is 3. The number of nitrogens with one attached hydrogen (secondary N) is 2. The Morgan fingerprint density at radius 2 is 1.68 bits per heavy atom. The number of methoxy groups -OCH3 is 1. The first-order chi connectivity index (χ1) is 16.0. The topological polar surface area (TPSA) is 93.3 Å². The zero-order valence-corrected chi connectivity index (χ0v) is 18.8. The molecule has 0 unspecified atom stereocenters. The van der Waals surface area contributed by atoms with Crippen LogP contribution in [0.2, 0.25) is 0 Å². The fraction of sp³-hybridized carbons (Fsp3) is 0.292. The van der Waals surface area contributed by atoms with E-state index in [4.69, 9.17) is 4.74 Å². The second kappa shape index (κ2) is 10.4. The van der Waals surface area contributed by atoms with Crippen LogP contribution in [0.15, 0.2) is 59.4 Å². The Bertz CT molecular complexity index is 1170. The van der Waals surface area contributed by atoms with Crippen LogP contribution in [-0.4, -0.2) is 29.3 Å². The molecule has 1 aromatic heterocycles. The van der Waals surface area contributed by atoms with Gasteiger partial charge < -0.3 is 19.8 Å². The van der Waals surface area contributed by atoms with E-state index in [1.165, 1.54) is 24.3 Å². The molecule has 0 radical (unpaired) electrons. The second-order valence-corrected chi connectivity index (χ2v) is 7.91. The number of rotatable bonds is 8. The predicted octanol–water partition coefficient (Wildman–Crippen LogP) is 4.40. The maximum Gasteiger partial charge on any atom is 0.573 e. The van der Waals surface area contributed by atoms with Gasteiger partial charge in [-0.15, -0.1) is 13.2 Å². The van der Waals surface area contributed by atoms with Gasteiger partial charge in [0, 0.05) is 12.5 Å². The lowest BCUT2D eigenvalue weighted by molar-refractivity contribution is -0.274. The molecule has 3 aromatic rings. The molecule has 0 aliphatic carbocycles. The van der Waals surface area contributed by atoms with E-state index in [2.05, 4.69) is 20.0 Å². The molecule has 180 valence electrons. The van der Waals surface area contributed by atoms with Crippen LogP contribution in [-0.2, 0) is 6.42 Å². The molecular weight excluding hydrogens is 451 g/mol. The Balaban J connectivity index is 1.77. The average molecular weight is 475 g/mol. The summed E-state index contributed by atoms with van der Waals surface area (Å²) in [5, 5.41) is 2.82. The number of carbonyl (C=O) groups excluding carboxylic acids is 1. The van der Waals surface area contributed by atoms with Crippen molar-refractivity contribution in [2.24, 2.45) is 5.92 Å². The van der Waals surface area contributed by atoms with E-state index in [1.54, 1.807) is 19.2 Å². The summed E-state index contributed by atoms with van der Waals surface area (Å²) in [6, 6.07) is 13.1. The maximum atomic E-state index is 12.9. The molecule has 0 bridgehead atoms. The summed E-state index contributed by atoms with van der Waals surface area (Å²) in [6.07, 6.45) is -4.49. The van der Waals surface area contributed by atoms with E-state index in [0.717, 1.165) is 11.6 Å². The molecule has 0 aliphatic heterocycles. The van der Waals surface area contributed by atoms with Gasteiger partial charge in [-0.1, -0.05) is 38.1 Å². The minimum atomic E-state index is -4.79. The molecule has 2 N–H and O–H groups in total. The van der Waals surface area contributed by atoms with E-state index in [0.29, 0.717) is 23.6 Å². The van der Waals surface area contributed by atoms with Crippen molar-refractivity contribution in [2.75, 3.05) is 7.11 Å². The van der Waals surface area contributed by atoms with Gasteiger partial charge in [-0.05, 0) is 41.3 Å². The van der Waals surface area contributed by atoms with Crippen LogP contribution < -0.4 is 20.3 Å². The van der Waals surface area contributed by atoms with Gasteiger partial charge in [-0.3, -0.25) is 9.59 Å². The Morgan fingerprint density at radius 1 is 1.06 bits per heavy atom. The number of hydrogen-bond acceptors (Lipinski definition) is 5. The third-order valence-electron chi connectivity index (χ3n) is 4.98. The van der Waals surface area contributed by atoms with E-state index < -0.39 is 23.9 Å². The number of aromatic nitrogens is 2. The number of benzene rings is 2. The number of ether oxygens (including phenoxy) is 2. The number of nitrogens with zero attached hydrogens (tertiary/aromatic N) is 1. The highest BCUT2D eigenvalue weighted by Gasteiger charge is 2.31. The van der Waals surface area contributed by atoms with Crippen molar-refractivity contribution in [1.29, 1.82) is 0 Å². The van der Waals surface area contributed by atoms with Crippen LogP contribution in [0.3, 0.4) is 0 Å². The largest absolute Gasteiger partial charge is 0.573 e. The van der Waals surface area contributed by atoms with Gasteiger partial charge in [0.15, 0.2) is 0 Å². The fourth-order valence-electron chi connectivity index (χ4n) is 3.37. The number of H-pyrrole nitrogens is 1. The van der Waals surface area contributed by atoms with Crippen molar-refractivity contribution >= 4 is 5.91 Å². The number of carbonyl (C=O) groups is 1. The van der Waals surface area contributed by atoms with Crippen molar-refractivity contribution < 1.29 is 27.4 Å². The second-order valence-electron chi connectivity index (χ2n) is 7.91. The van der Waals surface area contributed by atoms with Crippen molar-refractivity contribution in [1.82, 2.24) is 15.3 Å². The van der Waals surface area contributed by atoms with Crippen molar-refractivity contribution in [3.05, 3.63) is 87.6 Å². The van der Waals surface area contributed by atoms with Crippen LogP contribution in [0.4, 0.5) is 13.2 Å². The molecule has 10 heteroatoms. The summed E-state index contributed by atoms with van der Waals surface area (Å²) >= 11 is 0. The lowest BCUT2D eigenvalue weighted by atomic mass is 9.95. The molecule has 1 amide bonds. The van der Waals surface area contributed by atoms with E-state index in [9.17, 15) is 22.8 Å². The monoisotopic (exact) mass is 475 g/mol. The van der Waals surface area contributed by atoms with Crippen LogP contribution >= 0.6 is 0 Å². The molecule has 0 fully saturated rings. The van der Waals surface area contributed by atoms with E-state index in [1.807, 2.05) is 26.0 Å². The Labute approximate surface area is 194 Å². The molecule has 0 aliphatic rings. The molecule has 0 spiro atoms. The summed E-state index contributed by atoms with van der Waals surface area (Å²) in [4.78, 5) is 32.0. The summed E-state index contributed by atoms with van der Waals surface area (Å²) in [5.41, 5.74) is 0.914. The highest BCUT2D eigenvalue weighted by Crippen LogP contribution is 2.27. The van der Waals surface area contributed by atoms with Crippen LogP contribution in [0.25, 0.3) is 0 Å². The zero-order chi connectivity index (χ0) is 24.9. The van der Waals surface area contributed by atoms with Gasteiger partial charge in [0.25, 0.3) is 11.5 Å². The quantitative estimate of drug-likeness (QED) is 0.504. The van der Waals surface area contributed by atoms with Crippen molar-refractivity contribution in [3.63, 3.8) is 0 Å². The van der Waals surface area contributed by atoms with Gasteiger partial charge in [0.2, 0.25) is 0 Å². The van der Waals surface area contributed by atoms with E-state index in [-0.39, 0.29) is 17.4 Å². The summed E-state index contributed by atoms with van der Waals surface area (Å²) < 4.78 is 46.2. The highest BCUT2D eigenvalue weighted by atomic mass is 19.4. The number of halogens is 3. The smallest absolute Gasteiger partial charge is 0.497 e. The normalized spacial score (nSPS) is 12.3. The van der Waals surface area contributed by atoms with Crippen molar-refractivity contribution in [2.45, 2.75) is 32.7 Å². The Hall–Kier alpha value is -3.82. The maximum absolute atomic E-state index is 12.9. The van der Waals surface area contributed by atoms with Gasteiger partial charge in [-0.25, -0.2) is 4.98 Å². The molecule has 3 rings (SSSR count). The van der Waals surface area contributed by atoms with Crippen LogP contribution in [0.1, 0.15) is 47.3 Å². The van der Waals surface area contributed by atoms with Crippen LogP contribution in [0, 0.1) is 5.92 Å². The van der Waals surface area contributed by atoms with Gasteiger partial charge in [0.1, 0.15) is 23.0 Å². The first-order valence-corrected chi connectivity index (χ1v) is 10.4. The first kappa shape index (κ1) is 24.8. The van der Waals surface area contributed by atoms with Gasteiger partial charge >= 0.3 is 6.36 Å². The SMILES string of the molecule is COc1ccc(Cc2nc(C(=O)N[C@@H](c3ccc(OC(F)(F)F)cc3)C(C)C)cc(=O)[nH]2)cc1. The van der Waals surface area contributed by atoms with Gasteiger partial charge in [-0.2, -0.15) is 0 Å². The number of hydrogen-bond donors (Lipinski definition) is 2. The van der Waals surface area contributed by atoms with E-state index >= 15 is 0 Å². The Morgan fingerprint density at radius 3 is 2.24 bits per heavy atom. The molecule has 2 aromatic carbocycles. The number of aromatic amines is 1. The molecule has 7 nitrogen and oxygen atoms in total. The van der Waals surface area contributed by atoms with Crippen molar-refractivity contribution in [3.8, 4) is 11.5 Å². The molecule has 1 heterocycles. The third kappa shape index (κ3) is 6.84. The lowest BCUT2D eigenvalue weighted by Gasteiger charge is -2.23. The summed E-state index contributed by atoms with van der Waals surface area (Å²) in [6.45, 7) is 3.71. The molecule has 0 saturated heterocycles. The summed E-state index contributed by atoms with van der Waals surface area (Å²) in [7, 11) is 1.56. The number of amides is 1. The van der Waals surface area contributed by atoms with Crippen LogP contribution in [0.5, 0.6) is 11.5 Å². The fourth-order valence-corrected chi connectivity index (χ4v) is 3.37. The standard InChI is InChI=1S/C24H24F3N3O4/c1-14(2)22(16-6-10-18(11-7-16)34-24(25,26)27)30-23(32)19-13-21(31)29-20(28-19)12-15-4-8-17(33-3)9-5-15/h4-11,13-14,22H,12H2,1-3H3,(H,30,32)(H,28,29,31)/t22-/m1/s1. The molecule has 0 saturated carbocycles. The minimum Gasteiger partial charge on any atom is -0.497 e. The average Bonchev–Trinajstić information content (AvgIpc) is 2.77. The molecule has 1 atom stereocenters. The highest BCUT2D eigenvalue weighted by molar-refractivity contribution is 5.92. The molecule has 34 heavy (non-hydrogen) atoms. The summed E-state index contributed by atoms with van der Waals surface area (Å²) in [5.74, 6) is -0.0198. The Kier molecular flexibility index (Phi) is 7.60. The van der Waals surface area contributed by atoms with Gasteiger partial charge in [0.05, 0.1) is 13.2 Å². The molecular formula is C24H24F3N3O4.